The van der Waals surface area contributed by atoms with Crippen molar-refractivity contribution in [1.82, 2.24) is 10.6 Å². The average molecular weight is 330 g/mol. The number of carboxylic acids is 1. The SMILES string of the molecule is CC(=O)N/C(=C(\NC(=O)c1ccccc1)C(=O)O)c1cccs1. The Kier molecular flexibility index (Phi) is 5.27. The lowest BCUT2D eigenvalue weighted by Crippen LogP contribution is -2.32. The van der Waals surface area contributed by atoms with Crippen LogP contribution in [0.25, 0.3) is 5.70 Å². The molecule has 6 nitrogen and oxygen atoms in total. The molecule has 3 N–H and O–H groups in total. The van der Waals surface area contributed by atoms with E-state index in [1.54, 1.807) is 47.8 Å². The molecule has 0 aliphatic heterocycles. The number of hydrogen-bond donors (Lipinski definition) is 3. The third-order valence-corrected chi connectivity index (χ3v) is 3.69. The van der Waals surface area contributed by atoms with Gasteiger partial charge in [0.25, 0.3) is 5.91 Å². The van der Waals surface area contributed by atoms with E-state index < -0.39 is 17.8 Å². The molecule has 0 aliphatic carbocycles. The molecule has 1 aromatic carbocycles. The van der Waals surface area contributed by atoms with E-state index in [1.165, 1.54) is 18.3 Å². The van der Waals surface area contributed by atoms with Crippen LogP contribution < -0.4 is 10.6 Å². The molecule has 1 heterocycles. The van der Waals surface area contributed by atoms with Gasteiger partial charge in [0.05, 0.1) is 10.6 Å². The van der Waals surface area contributed by atoms with Gasteiger partial charge in [-0.3, -0.25) is 9.59 Å². The highest BCUT2D eigenvalue weighted by Gasteiger charge is 2.21. The minimum absolute atomic E-state index is 0.0595. The number of aliphatic carboxylic acids is 1. The second-order valence-corrected chi connectivity index (χ2v) is 5.48. The molecule has 2 aromatic rings. The summed E-state index contributed by atoms with van der Waals surface area (Å²) in [6.07, 6.45) is 0. The molecule has 23 heavy (non-hydrogen) atoms. The Morgan fingerprint density at radius 3 is 2.22 bits per heavy atom. The van der Waals surface area contributed by atoms with Crippen LogP contribution in [0.15, 0.2) is 53.5 Å². The molecule has 0 bridgehead atoms. The molecular formula is C16H14N2O4S. The highest BCUT2D eigenvalue weighted by molar-refractivity contribution is 7.11. The van der Waals surface area contributed by atoms with Crippen molar-refractivity contribution in [3.63, 3.8) is 0 Å². The molecule has 0 unspecified atom stereocenters. The van der Waals surface area contributed by atoms with Gasteiger partial charge in [-0.25, -0.2) is 4.79 Å². The first-order chi connectivity index (χ1) is 11.0. The maximum Gasteiger partial charge on any atom is 0.354 e. The minimum Gasteiger partial charge on any atom is -0.477 e. The van der Waals surface area contributed by atoms with E-state index >= 15 is 0 Å². The van der Waals surface area contributed by atoms with Gasteiger partial charge in [-0.05, 0) is 23.6 Å². The number of nitrogens with one attached hydrogen (secondary N) is 2. The van der Waals surface area contributed by atoms with Gasteiger partial charge in [0.2, 0.25) is 5.91 Å². The van der Waals surface area contributed by atoms with Crippen molar-refractivity contribution in [1.29, 1.82) is 0 Å². The predicted octanol–water partition coefficient (Wildman–Crippen LogP) is 2.07. The second kappa shape index (κ2) is 7.37. The van der Waals surface area contributed by atoms with Crippen LogP contribution in [-0.2, 0) is 9.59 Å². The Morgan fingerprint density at radius 1 is 1.00 bits per heavy atom. The number of benzene rings is 1. The molecule has 0 radical (unpaired) electrons. The topological polar surface area (TPSA) is 95.5 Å². The number of thiophene rings is 1. The lowest BCUT2D eigenvalue weighted by atomic mass is 10.2. The average Bonchev–Trinajstić information content (AvgIpc) is 3.05. The normalized spacial score (nSPS) is 11.3. The number of carbonyl (C=O) groups is 3. The van der Waals surface area contributed by atoms with Crippen LogP contribution in [0, 0.1) is 0 Å². The summed E-state index contributed by atoms with van der Waals surface area (Å²) in [5.41, 5.74) is 0.000360. The van der Waals surface area contributed by atoms with Crippen molar-refractivity contribution in [2.45, 2.75) is 6.92 Å². The van der Waals surface area contributed by atoms with Gasteiger partial charge in [-0.1, -0.05) is 24.3 Å². The van der Waals surface area contributed by atoms with Crippen molar-refractivity contribution in [3.8, 4) is 0 Å². The number of carboxylic acid groups (broad SMARTS) is 1. The summed E-state index contributed by atoms with van der Waals surface area (Å²) in [5, 5.41) is 16.0. The first-order valence-corrected chi connectivity index (χ1v) is 7.52. The van der Waals surface area contributed by atoms with E-state index in [2.05, 4.69) is 10.6 Å². The maximum absolute atomic E-state index is 12.2. The zero-order valence-electron chi connectivity index (χ0n) is 12.2. The molecule has 0 fully saturated rings. The molecule has 0 saturated carbocycles. The molecule has 0 atom stereocenters. The summed E-state index contributed by atoms with van der Waals surface area (Å²) in [4.78, 5) is 35.7. The Bertz CT molecular complexity index is 752. The second-order valence-electron chi connectivity index (χ2n) is 4.53. The highest BCUT2D eigenvalue weighted by Crippen LogP contribution is 2.21. The van der Waals surface area contributed by atoms with E-state index in [-0.39, 0.29) is 11.4 Å². The van der Waals surface area contributed by atoms with Crippen LogP contribution in [0.4, 0.5) is 0 Å². The molecule has 0 saturated heterocycles. The summed E-state index contributed by atoms with van der Waals surface area (Å²) in [7, 11) is 0. The molecule has 0 spiro atoms. The molecule has 2 rings (SSSR count). The van der Waals surface area contributed by atoms with Crippen molar-refractivity contribution in [2.24, 2.45) is 0 Å². The summed E-state index contributed by atoms with van der Waals surface area (Å²) in [5.74, 6) is -2.34. The summed E-state index contributed by atoms with van der Waals surface area (Å²) in [6.45, 7) is 1.27. The zero-order valence-corrected chi connectivity index (χ0v) is 13.0. The van der Waals surface area contributed by atoms with Gasteiger partial charge >= 0.3 is 5.97 Å². The zero-order chi connectivity index (χ0) is 16.8. The fourth-order valence-corrected chi connectivity index (χ4v) is 2.57. The van der Waals surface area contributed by atoms with Crippen molar-refractivity contribution >= 4 is 34.8 Å². The van der Waals surface area contributed by atoms with Crippen LogP contribution in [-0.4, -0.2) is 22.9 Å². The quantitative estimate of drug-likeness (QED) is 0.731. The summed E-state index contributed by atoms with van der Waals surface area (Å²) < 4.78 is 0. The number of amides is 2. The van der Waals surface area contributed by atoms with Gasteiger partial charge in [-0.2, -0.15) is 0 Å². The predicted molar refractivity (Wildman–Crippen MR) is 86.6 cm³/mol. The monoisotopic (exact) mass is 330 g/mol. The number of carbonyl (C=O) groups excluding carboxylic acids is 2. The van der Waals surface area contributed by atoms with Gasteiger partial charge in [0, 0.05) is 12.5 Å². The van der Waals surface area contributed by atoms with Crippen molar-refractivity contribution in [3.05, 3.63) is 64.0 Å². The number of hydrogen-bond acceptors (Lipinski definition) is 4. The molecule has 7 heteroatoms. The van der Waals surface area contributed by atoms with Crippen molar-refractivity contribution in [2.75, 3.05) is 0 Å². The van der Waals surface area contributed by atoms with E-state index in [9.17, 15) is 19.5 Å². The summed E-state index contributed by atoms with van der Waals surface area (Å²) >= 11 is 1.25. The Labute approximate surface area is 136 Å². The van der Waals surface area contributed by atoms with Crippen LogP contribution in [0.5, 0.6) is 0 Å². The lowest BCUT2D eigenvalue weighted by Gasteiger charge is -2.13. The third-order valence-electron chi connectivity index (χ3n) is 2.81. The van der Waals surface area contributed by atoms with E-state index in [0.717, 1.165) is 0 Å². The lowest BCUT2D eigenvalue weighted by molar-refractivity contribution is -0.132. The molecule has 2 amide bonds. The maximum atomic E-state index is 12.2. The Morgan fingerprint density at radius 2 is 1.70 bits per heavy atom. The van der Waals surface area contributed by atoms with Crippen LogP contribution in [0.3, 0.4) is 0 Å². The van der Waals surface area contributed by atoms with Crippen LogP contribution in [0.1, 0.15) is 22.2 Å². The van der Waals surface area contributed by atoms with E-state index in [1.807, 2.05) is 0 Å². The van der Waals surface area contributed by atoms with E-state index in [4.69, 9.17) is 0 Å². The molecular weight excluding hydrogens is 316 g/mol. The minimum atomic E-state index is -1.34. The Balaban J connectivity index is 2.42. The first kappa shape index (κ1) is 16.4. The third kappa shape index (κ3) is 4.27. The van der Waals surface area contributed by atoms with Crippen LogP contribution >= 0.6 is 11.3 Å². The standard InChI is InChI=1S/C16H14N2O4S/c1-10(19)17-13(12-8-5-9-23-12)14(16(21)22)18-15(20)11-6-3-2-4-7-11/h2-9H,1H3,(H,17,19)(H,18,20)(H,21,22)/b14-13-. The molecule has 0 aliphatic rings. The number of rotatable bonds is 5. The van der Waals surface area contributed by atoms with Gasteiger partial charge in [-0.15, -0.1) is 11.3 Å². The van der Waals surface area contributed by atoms with Gasteiger partial charge in [0.1, 0.15) is 0 Å². The highest BCUT2D eigenvalue weighted by atomic mass is 32.1. The smallest absolute Gasteiger partial charge is 0.354 e. The molecule has 118 valence electrons. The van der Waals surface area contributed by atoms with Crippen molar-refractivity contribution < 1.29 is 19.5 Å². The first-order valence-electron chi connectivity index (χ1n) is 6.64. The fraction of sp³-hybridized carbons (Fsp3) is 0.0625. The van der Waals surface area contributed by atoms with Gasteiger partial charge in [0.15, 0.2) is 5.70 Å². The Hall–Kier alpha value is -2.93. The van der Waals surface area contributed by atoms with Crippen LogP contribution in [0.2, 0.25) is 0 Å². The largest absolute Gasteiger partial charge is 0.477 e. The molecule has 1 aromatic heterocycles. The fourth-order valence-electron chi connectivity index (χ4n) is 1.84. The van der Waals surface area contributed by atoms with E-state index in [0.29, 0.717) is 10.4 Å². The van der Waals surface area contributed by atoms with Gasteiger partial charge < -0.3 is 15.7 Å². The summed E-state index contributed by atoms with van der Waals surface area (Å²) in [6, 6.07) is 11.6.